The average molecular weight is 330 g/mol. The van der Waals surface area contributed by atoms with E-state index in [2.05, 4.69) is 4.72 Å². The number of carbonyl (C=O) groups excluding carboxylic acids is 1. The van der Waals surface area contributed by atoms with E-state index in [9.17, 15) is 13.2 Å². The summed E-state index contributed by atoms with van der Waals surface area (Å²) in [5, 5.41) is 0. The van der Waals surface area contributed by atoms with Crippen molar-refractivity contribution in [2.75, 3.05) is 38.6 Å². The van der Waals surface area contributed by atoms with Crippen molar-refractivity contribution < 1.29 is 17.9 Å². The number of rotatable bonds is 7. The van der Waals surface area contributed by atoms with Crippen LogP contribution in [0.15, 0.2) is 0 Å². The zero-order chi connectivity index (χ0) is 14.3. The summed E-state index contributed by atoms with van der Waals surface area (Å²) in [4.78, 5) is 13.4. The molecule has 1 unspecified atom stereocenters. The molecule has 1 aliphatic heterocycles. The Labute approximate surface area is 126 Å². The highest BCUT2D eigenvalue weighted by molar-refractivity contribution is 7.89. The fourth-order valence-corrected chi connectivity index (χ4v) is 2.73. The third kappa shape index (κ3) is 7.39. The minimum absolute atomic E-state index is 0. The lowest BCUT2D eigenvalue weighted by molar-refractivity contribution is -0.131. The van der Waals surface area contributed by atoms with Crippen molar-refractivity contribution in [3.05, 3.63) is 0 Å². The number of sulfonamides is 1. The molecule has 20 heavy (non-hydrogen) atoms. The molecule has 9 heteroatoms. The molecule has 7 nitrogen and oxygen atoms in total. The second-order valence-corrected chi connectivity index (χ2v) is 6.51. The van der Waals surface area contributed by atoms with Gasteiger partial charge in [-0.2, -0.15) is 0 Å². The summed E-state index contributed by atoms with van der Waals surface area (Å²) >= 11 is 0. The molecule has 3 N–H and O–H groups in total. The number of halogens is 1. The van der Waals surface area contributed by atoms with Gasteiger partial charge in [0.2, 0.25) is 15.9 Å². The number of hydrogen-bond acceptors (Lipinski definition) is 5. The largest absolute Gasteiger partial charge is 0.381 e. The zero-order valence-corrected chi connectivity index (χ0v) is 13.3. The first-order valence-electron chi connectivity index (χ1n) is 6.53. The van der Waals surface area contributed by atoms with Crippen LogP contribution in [0.2, 0.25) is 0 Å². The van der Waals surface area contributed by atoms with Gasteiger partial charge in [-0.1, -0.05) is 0 Å². The normalized spacial score (nSPS) is 19.5. The van der Waals surface area contributed by atoms with Gasteiger partial charge in [-0.3, -0.25) is 4.79 Å². The van der Waals surface area contributed by atoms with Gasteiger partial charge in [-0.05, 0) is 19.8 Å². The lowest BCUT2D eigenvalue weighted by Gasteiger charge is -2.30. The van der Waals surface area contributed by atoms with Crippen LogP contribution in [0.5, 0.6) is 0 Å². The van der Waals surface area contributed by atoms with E-state index in [0.29, 0.717) is 19.7 Å². The molecule has 1 fully saturated rings. The standard InChI is InChI=1S/C11H23N3O4S.ClH/c1-2-18-6-7-19(16,17)13-8-11(15)14-5-3-4-10(12)9-14;/h10,13H,2-9,12H2,1H3;1H. The molecule has 1 atom stereocenters. The van der Waals surface area contributed by atoms with E-state index >= 15 is 0 Å². The molecular formula is C11H24ClN3O4S. The highest BCUT2D eigenvalue weighted by Crippen LogP contribution is 2.07. The van der Waals surface area contributed by atoms with Crippen molar-refractivity contribution >= 4 is 28.3 Å². The molecular weight excluding hydrogens is 306 g/mol. The Kier molecular flexibility index (Phi) is 9.32. The molecule has 1 saturated heterocycles. The first kappa shape index (κ1) is 19.6. The third-order valence-electron chi connectivity index (χ3n) is 2.95. The molecule has 0 bridgehead atoms. The summed E-state index contributed by atoms with van der Waals surface area (Å²) < 4.78 is 30.4. The van der Waals surface area contributed by atoms with Gasteiger partial charge in [0, 0.05) is 25.7 Å². The van der Waals surface area contributed by atoms with Crippen LogP contribution in [0.3, 0.4) is 0 Å². The van der Waals surface area contributed by atoms with Crippen molar-refractivity contribution in [2.45, 2.75) is 25.8 Å². The van der Waals surface area contributed by atoms with E-state index in [1.54, 1.807) is 11.8 Å². The lowest BCUT2D eigenvalue weighted by atomic mass is 10.1. The highest BCUT2D eigenvalue weighted by atomic mass is 35.5. The Morgan fingerprint density at radius 2 is 2.20 bits per heavy atom. The van der Waals surface area contributed by atoms with E-state index in [1.165, 1.54) is 0 Å². The zero-order valence-electron chi connectivity index (χ0n) is 11.7. The maximum absolute atomic E-state index is 11.8. The average Bonchev–Trinajstić information content (AvgIpc) is 2.36. The molecule has 1 amide bonds. The minimum atomic E-state index is -3.45. The second-order valence-electron chi connectivity index (χ2n) is 4.58. The van der Waals surface area contributed by atoms with Crippen LogP contribution in [0.1, 0.15) is 19.8 Å². The first-order chi connectivity index (χ1) is 8.94. The fraction of sp³-hybridized carbons (Fsp3) is 0.909. The predicted octanol–water partition coefficient (Wildman–Crippen LogP) is -0.686. The predicted molar refractivity (Wildman–Crippen MR) is 79.3 cm³/mol. The number of nitrogens with one attached hydrogen (secondary N) is 1. The number of likely N-dealkylation sites (tertiary alicyclic amines) is 1. The van der Waals surface area contributed by atoms with Crippen LogP contribution in [0.25, 0.3) is 0 Å². The van der Waals surface area contributed by atoms with Crippen LogP contribution < -0.4 is 10.5 Å². The second kappa shape index (κ2) is 9.51. The molecule has 0 aromatic rings. The van der Waals surface area contributed by atoms with Gasteiger partial charge in [-0.25, -0.2) is 13.1 Å². The van der Waals surface area contributed by atoms with E-state index in [4.69, 9.17) is 10.5 Å². The summed E-state index contributed by atoms with van der Waals surface area (Å²) in [6.07, 6.45) is 1.77. The monoisotopic (exact) mass is 329 g/mol. The third-order valence-corrected chi connectivity index (χ3v) is 4.24. The van der Waals surface area contributed by atoms with Gasteiger partial charge in [0.25, 0.3) is 0 Å². The Bertz CT molecular complexity index is 391. The lowest BCUT2D eigenvalue weighted by Crippen LogP contribution is -2.49. The van der Waals surface area contributed by atoms with Crippen LogP contribution in [-0.2, 0) is 19.6 Å². The van der Waals surface area contributed by atoms with Gasteiger partial charge in [0.1, 0.15) is 0 Å². The molecule has 0 aliphatic carbocycles. The van der Waals surface area contributed by atoms with E-state index in [0.717, 1.165) is 12.8 Å². The Morgan fingerprint density at radius 1 is 1.50 bits per heavy atom. The van der Waals surface area contributed by atoms with Crippen molar-refractivity contribution in [3.63, 3.8) is 0 Å². The molecule has 0 radical (unpaired) electrons. The maximum Gasteiger partial charge on any atom is 0.237 e. The molecule has 0 spiro atoms. The summed E-state index contributed by atoms with van der Waals surface area (Å²) in [7, 11) is -3.45. The smallest absolute Gasteiger partial charge is 0.237 e. The molecule has 1 heterocycles. The Hall–Kier alpha value is -0.410. The number of piperidine rings is 1. The number of amides is 1. The highest BCUT2D eigenvalue weighted by Gasteiger charge is 2.22. The fourth-order valence-electron chi connectivity index (χ4n) is 1.91. The van der Waals surface area contributed by atoms with Crippen LogP contribution >= 0.6 is 12.4 Å². The van der Waals surface area contributed by atoms with Crippen molar-refractivity contribution in [3.8, 4) is 0 Å². The minimum Gasteiger partial charge on any atom is -0.381 e. The number of hydrogen-bond donors (Lipinski definition) is 2. The quantitative estimate of drug-likeness (QED) is 0.602. The number of ether oxygens (including phenoxy) is 1. The first-order valence-corrected chi connectivity index (χ1v) is 8.18. The van der Waals surface area contributed by atoms with Crippen molar-refractivity contribution in [1.82, 2.24) is 9.62 Å². The molecule has 0 aromatic heterocycles. The van der Waals surface area contributed by atoms with Crippen LogP contribution in [0, 0.1) is 0 Å². The van der Waals surface area contributed by atoms with Gasteiger partial charge in [-0.15, -0.1) is 12.4 Å². The molecule has 0 aromatic carbocycles. The van der Waals surface area contributed by atoms with E-state index in [1.807, 2.05) is 0 Å². The SMILES string of the molecule is CCOCCS(=O)(=O)NCC(=O)N1CCCC(N)C1.Cl. The van der Waals surface area contributed by atoms with Crippen molar-refractivity contribution in [1.29, 1.82) is 0 Å². The van der Waals surface area contributed by atoms with Gasteiger partial charge in [0.05, 0.1) is 18.9 Å². The van der Waals surface area contributed by atoms with E-state index in [-0.39, 0.29) is 43.3 Å². The number of carbonyl (C=O) groups is 1. The van der Waals surface area contributed by atoms with Crippen LogP contribution in [0.4, 0.5) is 0 Å². The van der Waals surface area contributed by atoms with Crippen LogP contribution in [-0.4, -0.2) is 63.9 Å². The number of nitrogens with zero attached hydrogens (tertiary/aromatic N) is 1. The molecule has 1 rings (SSSR count). The summed E-state index contributed by atoms with van der Waals surface area (Å²) in [6.45, 7) is 3.34. The Balaban J connectivity index is 0.00000361. The maximum atomic E-state index is 11.8. The summed E-state index contributed by atoms with van der Waals surface area (Å²) in [6, 6.07) is -0.00717. The van der Waals surface area contributed by atoms with Gasteiger partial charge in [0.15, 0.2) is 0 Å². The molecule has 0 saturated carbocycles. The molecule has 1 aliphatic rings. The summed E-state index contributed by atoms with van der Waals surface area (Å²) in [5.74, 6) is -0.358. The molecule has 120 valence electrons. The van der Waals surface area contributed by atoms with Crippen molar-refractivity contribution in [2.24, 2.45) is 5.73 Å². The van der Waals surface area contributed by atoms with Gasteiger partial charge >= 0.3 is 0 Å². The summed E-state index contributed by atoms with van der Waals surface area (Å²) in [5.41, 5.74) is 5.78. The topological polar surface area (TPSA) is 102 Å². The van der Waals surface area contributed by atoms with E-state index < -0.39 is 10.0 Å². The van der Waals surface area contributed by atoms with Gasteiger partial charge < -0.3 is 15.4 Å². The Morgan fingerprint density at radius 3 is 2.80 bits per heavy atom. The number of nitrogens with two attached hydrogens (primary N) is 1.